The summed E-state index contributed by atoms with van der Waals surface area (Å²) in [5, 5.41) is 4.50. The summed E-state index contributed by atoms with van der Waals surface area (Å²) in [4.78, 5) is 37.7. The number of pyridine rings is 1. The lowest BCUT2D eigenvalue weighted by molar-refractivity contribution is 0.0631. The molecule has 5 rings (SSSR count). The number of thiazole rings is 1. The molecule has 1 aliphatic rings. The molecule has 8 nitrogen and oxygen atoms in total. The van der Waals surface area contributed by atoms with Gasteiger partial charge in [0.2, 0.25) is 0 Å². The highest BCUT2D eigenvalue weighted by Gasteiger charge is 2.22. The first-order chi connectivity index (χ1) is 15.7. The Hall–Kier alpha value is -3.43. The van der Waals surface area contributed by atoms with Crippen LogP contribution in [0.3, 0.4) is 0 Å². The van der Waals surface area contributed by atoms with Crippen LogP contribution in [0.2, 0.25) is 0 Å². The van der Waals surface area contributed by atoms with Gasteiger partial charge in [0.05, 0.1) is 28.0 Å². The van der Waals surface area contributed by atoms with Crippen molar-refractivity contribution in [2.24, 2.45) is 0 Å². The van der Waals surface area contributed by atoms with E-state index in [1.807, 2.05) is 35.2 Å². The summed E-state index contributed by atoms with van der Waals surface area (Å²) in [6.07, 6.45) is 3.45. The van der Waals surface area contributed by atoms with E-state index in [-0.39, 0.29) is 11.5 Å². The Morgan fingerprint density at radius 3 is 2.72 bits per heavy atom. The lowest BCUT2D eigenvalue weighted by Crippen LogP contribution is -2.49. The van der Waals surface area contributed by atoms with Crippen LogP contribution in [0.5, 0.6) is 0 Å². The fourth-order valence-corrected chi connectivity index (χ4v) is 4.58. The van der Waals surface area contributed by atoms with Crippen LogP contribution < -0.4 is 5.56 Å². The Bertz CT molecular complexity index is 1290. The van der Waals surface area contributed by atoms with Crippen LogP contribution in [0.4, 0.5) is 0 Å². The molecule has 1 saturated heterocycles. The van der Waals surface area contributed by atoms with Crippen molar-refractivity contribution in [2.75, 3.05) is 32.7 Å². The number of benzene rings is 1. The zero-order valence-corrected chi connectivity index (χ0v) is 18.2. The van der Waals surface area contributed by atoms with Gasteiger partial charge in [-0.15, -0.1) is 11.3 Å². The smallest absolute Gasteiger partial charge is 0.266 e. The molecule has 1 aromatic carbocycles. The van der Waals surface area contributed by atoms with E-state index in [0.29, 0.717) is 31.7 Å². The number of amides is 1. The van der Waals surface area contributed by atoms with E-state index in [0.717, 1.165) is 34.6 Å². The average Bonchev–Trinajstić information content (AvgIpc) is 3.32. The highest BCUT2D eigenvalue weighted by Crippen LogP contribution is 2.20. The summed E-state index contributed by atoms with van der Waals surface area (Å²) in [6, 6.07) is 12.7. The fraction of sp³-hybridized carbons (Fsp3) is 0.261. The zero-order valence-electron chi connectivity index (χ0n) is 17.4. The molecule has 0 radical (unpaired) electrons. The maximum absolute atomic E-state index is 12.9. The first-order valence-corrected chi connectivity index (χ1v) is 11.4. The Labute approximate surface area is 188 Å². The number of carbonyl (C=O) groups is 1. The van der Waals surface area contributed by atoms with E-state index in [2.05, 4.69) is 20.0 Å². The summed E-state index contributed by atoms with van der Waals surface area (Å²) in [5.74, 6) is 0.0574. The van der Waals surface area contributed by atoms with Crippen molar-refractivity contribution in [3.63, 3.8) is 0 Å². The molecule has 1 aliphatic heterocycles. The summed E-state index contributed by atoms with van der Waals surface area (Å²) < 4.78 is 2.53. The van der Waals surface area contributed by atoms with Crippen LogP contribution in [0.15, 0.2) is 65.2 Å². The maximum atomic E-state index is 12.9. The third-order valence-corrected chi connectivity index (χ3v) is 6.48. The molecule has 1 fully saturated rings. The Morgan fingerprint density at radius 1 is 1.03 bits per heavy atom. The van der Waals surface area contributed by atoms with Gasteiger partial charge >= 0.3 is 0 Å². The molecule has 9 heteroatoms. The molecule has 0 atom stereocenters. The molecule has 0 N–H and O–H groups in total. The molecule has 32 heavy (non-hydrogen) atoms. The monoisotopic (exact) mass is 446 g/mol. The quantitative estimate of drug-likeness (QED) is 0.468. The van der Waals surface area contributed by atoms with Gasteiger partial charge in [0.25, 0.3) is 11.5 Å². The van der Waals surface area contributed by atoms with Gasteiger partial charge in [0, 0.05) is 62.3 Å². The van der Waals surface area contributed by atoms with Crippen molar-refractivity contribution in [2.45, 2.75) is 6.54 Å². The normalized spacial score (nSPS) is 14.7. The number of aromatic nitrogens is 4. The van der Waals surface area contributed by atoms with Gasteiger partial charge in [0.15, 0.2) is 0 Å². The number of rotatable bonds is 5. The minimum atomic E-state index is -0.120. The minimum absolute atomic E-state index is 0.0574. The van der Waals surface area contributed by atoms with E-state index in [1.165, 1.54) is 4.68 Å². The van der Waals surface area contributed by atoms with Gasteiger partial charge in [-0.1, -0.05) is 0 Å². The highest BCUT2D eigenvalue weighted by atomic mass is 32.1. The zero-order chi connectivity index (χ0) is 21.9. The molecule has 162 valence electrons. The summed E-state index contributed by atoms with van der Waals surface area (Å²) in [7, 11) is 0. The summed E-state index contributed by atoms with van der Waals surface area (Å²) >= 11 is 1.54. The predicted octanol–water partition coefficient (Wildman–Crippen LogP) is 2.37. The SMILES string of the molecule is O=C(c1ccc2ncsc2c1)N1CCN(CCn2nc(-c3cccnc3)ccc2=O)CC1. The molecule has 0 unspecified atom stereocenters. The number of hydrogen-bond acceptors (Lipinski definition) is 7. The van der Waals surface area contributed by atoms with Gasteiger partial charge in [-0.05, 0) is 36.4 Å². The van der Waals surface area contributed by atoms with Gasteiger partial charge in [-0.2, -0.15) is 5.10 Å². The standard InChI is InChI=1S/C23H22N6O2S/c30-22-6-5-19(18-2-1-7-24-15-18)26-29(22)13-10-27-8-11-28(12-9-27)23(31)17-3-4-20-21(14-17)32-16-25-20/h1-7,14-16H,8-13H2. The van der Waals surface area contributed by atoms with Crippen LogP contribution in [0.1, 0.15) is 10.4 Å². The Balaban J connectivity index is 1.18. The second-order valence-electron chi connectivity index (χ2n) is 7.69. The predicted molar refractivity (Wildman–Crippen MR) is 124 cm³/mol. The van der Waals surface area contributed by atoms with E-state index in [4.69, 9.17) is 0 Å². The topological polar surface area (TPSA) is 84.2 Å². The van der Waals surface area contributed by atoms with E-state index in [1.54, 1.807) is 41.4 Å². The van der Waals surface area contributed by atoms with Crippen LogP contribution in [-0.4, -0.2) is 68.2 Å². The third kappa shape index (κ3) is 4.30. The number of nitrogens with zero attached hydrogens (tertiary/aromatic N) is 6. The van der Waals surface area contributed by atoms with Crippen molar-refractivity contribution in [3.05, 3.63) is 76.3 Å². The first-order valence-electron chi connectivity index (χ1n) is 10.5. The van der Waals surface area contributed by atoms with Crippen molar-refractivity contribution in [1.29, 1.82) is 0 Å². The Morgan fingerprint density at radius 2 is 1.91 bits per heavy atom. The van der Waals surface area contributed by atoms with Crippen molar-refractivity contribution in [1.82, 2.24) is 29.5 Å². The second-order valence-corrected chi connectivity index (χ2v) is 8.58. The van der Waals surface area contributed by atoms with Crippen molar-refractivity contribution < 1.29 is 4.79 Å². The van der Waals surface area contributed by atoms with Crippen molar-refractivity contribution in [3.8, 4) is 11.3 Å². The molecular formula is C23H22N6O2S. The molecule has 0 aliphatic carbocycles. The summed E-state index contributed by atoms with van der Waals surface area (Å²) in [5.41, 5.74) is 4.91. The molecule has 4 aromatic rings. The molecule has 4 heterocycles. The van der Waals surface area contributed by atoms with Gasteiger partial charge in [-0.3, -0.25) is 19.5 Å². The molecule has 0 bridgehead atoms. The van der Waals surface area contributed by atoms with Crippen LogP contribution >= 0.6 is 11.3 Å². The van der Waals surface area contributed by atoms with Gasteiger partial charge in [0.1, 0.15) is 0 Å². The van der Waals surface area contributed by atoms with E-state index >= 15 is 0 Å². The molecule has 3 aromatic heterocycles. The lowest BCUT2D eigenvalue weighted by atomic mass is 10.1. The number of fused-ring (bicyclic) bond motifs is 1. The maximum Gasteiger partial charge on any atom is 0.266 e. The fourth-order valence-electron chi connectivity index (χ4n) is 3.86. The van der Waals surface area contributed by atoms with Gasteiger partial charge in [-0.25, -0.2) is 9.67 Å². The van der Waals surface area contributed by atoms with Crippen LogP contribution in [-0.2, 0) is 6.54 Å². The summed E-state index contributed by atoms with van der Waals surface area (Å²) in [6.45, 7) is 4.08. The molecule has 1 amide bonds. The third-order valence-electron chi connectivity index (χ3n) is 5.69. The highest BCUT2D eigenvalue weighted by molar-refractivity contribution is 7.16. The average molecular weight is 447 g/mol. The second kappa shape index (κ2) is 8.97. The number of carbonyl (C=O) groups excluding carboxylic acids is 1. The van der Waals surface area contributed by atoms with Crippen molar-refractivity contribution >= 4 is 27.5 Å². The van der Waals surface area contributed by atoms with Crippen LogP contribution in [0, 0.1) is 0 Å². The van der Waals surface area contributed by atoms with Crippen LogP contribution in [0.25, 0.3) is 21.5 Å². The first kappa shape index (κ1) is 20.5. The molecule has 0 spiro atoms. The Kier molecular flexibility index (Phi) is 5.74. The van der Waals surface area contributed by atoms with E-state index in [9.17, 15) is 9.59 Å². The largest absolute Gasteiger partial charge is 0.336 e. The molecular weight excluding hydrogens is 424 g/mol. The number of piperazine rings is 1. The lowest BCUT2D eigenvalue weighted by Gasteiger charge is -2.34. The molecule has 0 saturated carbocycles. The number of hydrogen-bond donors (Lipinski definition) is 0. The van der Waals surface area contributed by atoms with E-state index < -0.39 is 0 Å². The minimum Gasteiger partial charge on any atom is -0.336 e. The van der Waals surface area contributed by atoms with Gasteiger partial charge < -0.3 is 4.90 Å².